The van der Waals surface area contributed by atoms with Gasteiger partial charge in [-0.15, -0.1) is 10.2 Å². The molecule has 120 valence electrons. The first-order chi connectivity index (χ1) is 11.7. The Morgan fingerprint density at radius 2 is 1.88 bits per heavy atom. The van der Waals surface area contributed by atoms with Crippen LogP contribution in [0.2, 0.25) is 0 Å². The fraction of sp³-hybridized carbons (Fsp3) is 0.211. The third-order valence-electron chi connectivity index (χ3n) is 3.76. The smallest absolute Gasteiger partial charge is 0.196 e. The van der Waals surface area contributed by atoms with Crippen molar-refractivity contribution in [3.05, 3.63) is 71.0 Å². The average Bonchev–Trinajstić information content (AvgIpc) is 2.96. The molecule has 0 amide bonds. The van der Waals surface area contributed by atoms with Gasteiger partial charge in [-0.25, -0.2) is 0 Å². The summed E-state index contributed by atoms with van der Waals surface area (Å²) in [4.78, 5) is 0. The molecule has 0 bridgehead atoms. The van der Waals surface area contributed by atoms with Gasteiger partial charge in [-0.1, -0.05) is 59.8 Å². The van der Waals surface area contributed by atoms with Crippen molar-refractivity contribution in [1.29, 1.82) is 5.26 Å². The van der Waals surface area contributed by atoms with Crippen molar-refractivity contribution < 1.29 is 0 Å². The topological polar surface area (TPSA) is 54.5 Å². The number of benzene rings is 2. The van der Waals surface area contributed by atoms with Crippen molar-refractivity contribution in [3.63, 3.8) is 0 Å². The molecule has 4 nitrogen and oxygen atoms in total. The first kappa shape index (κ1) is 16.3. The lowest BCUT2D eigenvalue weighted by Crippen LogP contribution is -2.06. The second-order valence-electron chi connectivity index (χ2n) is 5.63. The molecule has 0 fully saturated rings. The molecule has 0 unspecified atom stereocenters. The third-order valence-corrected chi connectivity index (χ3v) is 4.56. The fourth-order valence-electron chi connectivity index (χ4n) is 2.68. The number of hydrogen-bond donors (Lipinski definition) is 0. The number of nitrogens with zero attached hydrogens (tertiary/aromatic N) is 4. The molecule has 0 saturated heterocycles. The van der Waals surface area contributed by atoms with E-state index in [2.05, 4.69) is 65.0 Å². The van der Waals surface area contributed by atoms with Gasteiger partial charge in [0.2, 0.25) is 0 Å². The Kier molecular flexibility index (Phi) is 4.97. The number of thioether (sulfide) groups is 1. The Balaban J connectivity index is 2.06. The molecule has 3 rings (SSSR count). The first-order valence-corrected chi connectivity index (χ1v) is 8.73. The lowest BCUT2D eigenvalue weighted by molar-refractivity contribution is 0.842. The Hall–Kier alpha value is -2.58. The number of nitriles is 1. The van der Waals surface area contributed by atoms with Gasteiger partial charge in [0.1, 0.15) is 5.82 Å². The Morgan fingerprint density at radius 3 is 2.58 bits per heavy atom. The van der Waals surface area contributed by atoms with E-state index in [0.29, 0.717) is 12.2 Å². The molecule has 0 N–H and O–H groups in total. The predicted molar refractivity (Wildman–Crippen MR) is 96.4 cm³/mol. The highest BCUT2D eigenvalue weighted by molar-refractivity contribution is 7.99. The zero-order chi connectivity index (χ0) is 16.9. The first-order valence-electron chi connectivity index (χ1n) is 7.74. The molecule has 0 aliphatic carbocycles. The molecular formula is C19H18N4S. The largest absolute Gasteiger partial charge is 0.273 e. The summed E-state index contributed by atoms with van der Waals surface area (Å²) < 4.78 is 2.07. The molecule has 0 aliphatic heterocycles. The number of aryl methyl sites for hydroxylation is 2. The minimum Gasteiger partial charge on any atom is -0.273 e. The monoisotopic (exact) mass is 334 g/mol. The quantitative estimate of drug-likeness (QED) is 0.659. The van der Waals surface area contributed by atoms with Gasteiger partial charge in [-0.05, 0) is 31.0 Å². The van der Waals surface area contributed by atoms with Gasteiger partial charge in [0.05, 0.1) is 17.5 Å². The Bertz CT molecular complexity index is 878. The summed E-state index contributed by atoms with van der Waals surface area (Å²) in [5.74, 6) is 1.24. The molecule has 3 aromatic rings. The molecule has 1 heterocycles. The second kappa shape index (κ2) is 7.33. The number of hydrogen-bond acceptors (Lipinski definition) is 4. The zero-order valence-electron chi connectivity index (χ0n) is 13.7. The van der Waals surface area contributed by atoms with Crippen LogP contribution < -0.4 is 0 Å². The minimum atomic E-state index is 0.356. The minimum absolute atomic E-state index is 0.356. The van der Waals surface area contributed by atoms with Gasteiger partial charge in [0, 0.05) is 6.42 Å². The standard InChI is InChI=1S/C19H18N4S/c1-14-8-9-17(15(2)12-14)23-18(13-16-6-4-3-5-7-16)21-22-19(23)24-11-10-20/h3-9,12H,11,13H2,1-2H3. The van der Waals surface area contributed by atoms with Crippen LogP contribution in [0.1, 0.15) is 22.5 Å². The van der Waals surface area contributed by atoms with Gasteiger partial charge in [-0.3, -0.25) is 4.57 Å². The number of rotatable bonds is 5. The van der Waals surface area contributed by atoms with Crippen LogP contribution in [0.25, 0.3) is 5.69 Å². The van der Waals surface area contributed by atoms with Crippen LogP contribution in [-0.2, 0) is 6.42 Å². The van der Waals surface area contributed by atoms with Crippen LogP contribution in [0.15, 0.2) is 53.7 Å². The molecule has 0 spiro atoms. The van der Waals surface area contributed by atoms with Gasteiger partial charge in [0.15, 0.2) is 5.16 Å². The molecular weight excluding hydrogens is 316 g/mol. The van der Waals surface area contributed by atoms with Gasteiger partial charge in [-0.2, -0.15) is 5.26 Å². The van der Waals surface area contributed by atoms with Crippen LogP contribution in [0.5, 0.6) is 0 Å². The molecule has 0 atom stereocenters. The van der Waals surface area contributed by atoms with Crippen LogP contribution in [0.3, 0.4) is 0 Å². The molecule has 2 aromatic carbocycles. The normalized spacial score (nSPS) is 10.5. The van der Waals surface area contributed by atoms with Crippen LogP contribution in [0, 0.1) is 25.2 Å². The van der Waals surface area contributed by atoms with E-state index >= 15 is 0 Å². The summed E-state index contributed by atoms with van der Waals surface area (Å²) in [6.45, 7) is 4.17. The number of aromatic nitrogens is 3. The van der Waals surface area contributed by atoms with Crippen molar-refractivity contribution >= 4 is 11.8 Å². The Labute approximate surface area is 146 Å². The predicted octanol–water partition coefficient (Wildman–Crippen LogP) is 4.09. The average molecular weight is 334 g/mol. The Morgan fingerprint density at radius 1 is 1.08 bits per heavy atom. The highest BCUT2D eigenvalue weighted by atomic mass is 32.2. The molecule has 0 aliphatic rings. The third kappa shape index (κ3) is 3.50. The molecule has 1 aromatic heterocycles. The van der Waals surface area contributed by atoms with Crippen molar-refractivity contribution in [1.82, 2.24) is 14.8 Å². The van der Waals surface area contributed by atoms with Crippen molar-refractivity contribution in [2.45, 2.75) is 25.4 Å². The fourth-order valence-corrected chi connectivity index (χ4v) is 3.31. The van der Waals surface area contributed by atoms with Gasteiger partial charge in [0.25, 0.3) is 0 Å². The molecule has 0 saturated carbocycles. The summed E-state index contributed by atoms with van der Waals surface area (Å²) in [5.41, 5.74) is 4.65. The SMILES string of the molecule is Cc1ccc(-n2c(Cc3ccccc3)nnc2SCC#N)c(C)c1. The van der Waals surface area contributed by atoms with E-state index < -0.39 is 0 Å². The maximum Gasteiger partial charge on any atom is 0.196 e. The highest BCUT2D eigenvalue weighted by Crippen LogP contribution is 2.25. The summed E-state index contributed by atoms with van der Waals surface area (Å²) >= 11 is 1.41. The van der Waals surface area contributed by atoms with Gasteiger partial charge < -0.3 is 0 Å². The highest BCUT2D eigenvalue weighted by Gasteiger charge is 2.16. The van der Waals surface area contributed by atoms with E-state index in [9.17, 15) is 0 Å². The molecule has 24 heavy (non-hydrogen) atoms. The van der Waals surface area contributed by atoms with E-state index in [1.165, 1.54) is 28.5 Å². The van der Waals surface area contributed by atoms with E-state index in [4.69, 9.17) is 5.26 Å². The lowest BCUT2D eigenvalue weighted by atomic mass is 10.1. The molecule has 5 heteroatoms. The summed E-state index contributed by atoms with van der Waals surface area (Å²) in [6, 6.07) is 18.7. The van der Waals surface area contributed by atoms with Crippen LogP contribution >= 0.6 is 11.8 Å². The summed E-state index contributed by atoms with van der Waals surface area (Å²) in [5, 5.41) is 18.4. The maximum atomic E-state index is 8.89. The van der Waals surface area contributed by atoms with E-state index in [1.807, 2.05) is 18.2 Å². The van der Waals surface area contributed by atoms with E-state index in [0.717, 1.165) is 16.7 Å². The summed E-state index contributed by atoms with van der Waals surface area (Å²) in [7, 11) is 0. The van der Waals surface area contributed by atoms with E-state index in [-0.39, 0.29) is 0 Å². The van der Waals surface area contributed by atoms with Crippen molar-refractivity contribution in [2.75, 3.05) is 5.75 Å². The maximum absolute atomic E-state index is 8.89. The van der Waals surface area contributed by atoms with Crippen LogP contribution in [0.4, 0.5) is 0 Å². The van der Waals surface area contributed by atoms with Gasteiger partial charge >= 0.3 is 0 Å². The molecule has 0 radical (unpaired) electrons. The van der Waals surface area contributed by atoms with Crippen molar-refractivity contribution in [2.24, 2.45) is 0 Å². The van der Waals surface area contributed by atoms with E-state index in [1.54, 1.807) is 0 Å². The van der Waals surface area contributed by atoms with Crippen molar-refractivity contribution in [3.8, 4) is 11.8 Å². The van der Waals surface area contributed by atoms with Crippen LogP contribution in [-0.4, -0.2) is 20.5 Å². The lowest BCUT2D eigenvalue weighted by Gasteiger charge is -2.13. The second-order valence-corrected chi connectivity index (χ2v) is 6.58. The summed E-state index contributed by atoms with van der Waals surface area (Å²) in [6.07, 6.45) is 0.703. The zero-order valence-corrected chi connectivity index (χ0v) is 14.5.